The number of thioether (sulfide) groups is 1. The van der Waals surface area contributed by atoms with Gasteiger partial charge in [0.15, 0.2) is 0 Å². The summed E-state index contributed by atoms with van der Waals surface area (Å²) < 4.78 is 4.03. The quantitative estimate of drug-likeness (QED) is 0.423. The number of carbonyl (C=O) groups excluding carboxylic acids is 3. The molecule has 1 N–H and O–H groups in total. The summed E-state index contributed by atoms with van der Waals surface area (Å²) in [6, 6.07) is -1.24. The van der Waals surface area contributed by atoms with Crippen LogP contribution in [0.25, 0.3) is 0 Å². The maximum absolute atomic E-state index is 14.4. The lowest BCUT2D eigenvalue weighted by molar-refractivity contribution is -0.155. The molecule has 0 saturated carbocycles. The van der Waals surface area contributed by atoms with E-state index in [1.807, 2.05) is 50.0 Å². The van der Waals surface area contributed by atoms with Crippen LogP contribution in [0.3, 0.4) is 0 Å². The maximum Gasteiger partial charge on any atom is 0.311 e. The Morgan fingerprint density at radius 3 is 2.54 bits per heavy atom. The number of hydrogen-bond acceptors (Lipinski definition) is 6. The Bertz CT molecular complexity index is 921. The number of hydrogen-bond donors (Lipinski definition) is 1. The van der Waals surface area contributed by atoms with Gasteiger partial charge in [-0.2, -0.15) is 0 Å². The third-order valence-corrected chi connectivity index (χ3v) is 10.4. The summed E-state index contributed by atoms with van der Waals surface area (Å²) >= 11 is 1.56. The first kappa shape index (κ1) is 26.3. The second-order valence-corrected chi connectivity index (χ2v) is 12.6. The van der Waals surface area contributed by atoms with Gasteiger partial charge < -0.3 is 19.6 Å². The van der Waals surface area contributed by atoms with Gasteiger partial charge in [0.25, 0.3) is 0 Å². The summed E-state index contributed by atoms with van der Waals surface area (Å²) in [6.45, 7) is 10.7. The number of amides is 2. The van der Waals surface area contributed by atoms with Gasteiger partial charge in [0, 0.05) is 17.3 Å². The van der Waals surface area contributed by atoms with Gasteiger partial charge in [0.2, 0.25) is 11.8 Å². The highest BCUT2D eigenvalue weighted by Gasteiger charge is 2.74. The number of rotatable bonds is 7. The number of fused-ring (bicyclic) bond motifs is 2. The fourth-order valence-electron chi connectivity index (χ4n) is 6.59. The zero-order valence-electron chi connectivity index (χ0n) is 21.6. The molecule has 8 atom stereocenters. The first-order chi connectivity index (χ1) is 16.7. The Kier molecular flexibility index (Phi) is 7.45. The minimum absolute atomic E-state index is 0.00180. The lowest BCUT2D eigenvalue weighted by Crippen LogP contribution is -2.59. The van der Waals surface area contributed by atoms with Crippen LogP contribution >= 0.6 is 11.8 Å². The van der Waals surface area contributed by atoms with Crippen LogP contribution in [0.15, 0.2) is 24.3 Å². The molecule has 35 heavy (non-hydrogen) atoms. The Morgan fingerprint density at radius 2 is 1.89 bits per heavy atom. The number of esters is 1. The first-order valence-electron chi connectivity index (χ1n) is 13.1. The van der Waals surface area contributed by atoms with Gasteiger partial charge in [-0.25, -0.2) is 0 Å². The van der Waals surface area contributed by atoms with Crippen molar-refractivity contribution in [2.24, 2.45) is 17.8 Å². The molecule has 4 aliphatic rings. The summed E-state index contributed by atoms with van der Waals surface area (Å²) in [6.07, 6.45) is 11.3. The van der Waals surface area contributed by atoms with Crippen molar-refractivity contribution < 1.29 is 24.2 Å². The molecule has 4 heterocycles. The van der Waals surface area contributed by atoms with E-state index < -0.39 is 33.4 Å². The van der Waals surface area contributed by atoms with Crippen molar-refractivity contribution in [1.82, 2.24) is 9.80 Å². The van der Waals surface area contributed by atoms with Gasteiger partial charge in [-0.05, 0) is 32.6 Å². The van der Waals surface area contributed by atoms with Crippen molar-refractivity contribution in [3.63, 3.8) is 0 Å². The molecule has 0 aromatic carbocycles. The van der Waals surface area contributed by atoms with Crippen LogP contribution in [0.2, 0.25) is 0 Å². The molecule has 7 nitrogen and oxygen atoms in total. The van der Waals surface area contributed by atoms with Crippen LogP contribution in [-0.4, -0.2) is 80.1 Å². The minimum atomic E-state index is -0.900. The van der Waals surface area contributed by atoms with Crippen LogP contribution < -0.4 is 0 Å². The van der Waals surface area contributed by atoms with Gasteiger partial charge in [0.05, 0.1) is 35.8 Å². The normalized spacial score (nSPS) is 37.1. The van der Waals surface area contributed by atoms with Crippen molar-refractivity contribution in [1.29, 1.82) is 0 Å². The van der Waals surface area contributed by atoms with Crippen LogP contribution in [0.1, 0.15) is 60.3 Å². The predicted molar refractivity (Wildman–Crippen MR) is 137 cm³/mol. The van der Waals surface area contributed by atoms with Gasteiger partial charge >= 0.3 is 5.97 Å². The number of likely N-dealkylation sites (tertiary alicyclic amines) is 1. The third-order valence-electron chi connectivity index (χ3n) is 8.57. The summed E-state index contributed by atoms with van der Waals surface area (Å²) in [5, 5.41) is 10.4. The molecule has 2 amide bonds. The summed E-state index contributed by atoms with van der Waals surface area (Å²) in [7, 11) is 0. The number of carbonyl (C=O) groups is 3. The molecule has 0 aliphatic carbocycles. The van der Waals surface area contributed by atoms with E-state index in [2.05, 4.69) is 13.8 Å². The molecule has 0 bridgehead atoms. The van der Waals surface area contributed by atoms with Gasteiger partial charge in [0.1, 0.15) is 6.04 Å². The monoisotopic (exact) mass is 504 g/mol. The summed E-state index contributed by atoms with van der Waals surface area (Å²) in [5.74, 6) is -2.09. The maximum atomic E-state index is 14.4. The van der Waals surface area contributed by atoms with Crippen LogP contribution in [0.4, 0.5) is 0 Å². The average molecular weight is 505 g/mol. The van der Waals surface area contributed by atoms with E-state index in [1.165, 1.54) is 0 Å². The molecule has 0 radical (unpaired) electrons. The number of nitrogens with zero attached hydrogens (tertiary/aromatic N) is 2. The molecule has 4 rings (SSSR count). The number of ether oxygens (including phenoxy) is 1. The van der Waals surface area contributed by atoms with Crippen LogP contribution in [0.5, 0.6) is 0 Å². The van der Waals surface area contributed by atoms with E-state index in [0.717, 1.165) is 19.3 Å². The molecule has 1 spiro atoms. The molecule has 0 aromatic rings. The van der Waals surface area contributed by atoms with E-state index in [4.69, 9.17) is 4.74 Å². The molecule has 2 fully saturated rings. The molecule has 4 aliphatic heterocycles. The van der Waals surface area contributed by atoms with E-state index in [1.54, 1.807) is 16.7 Å². The molecule has 194 valence electrons. The fourth-order valence-corrected chi connectivity index (χ4v) is 8.73. The first-order valence-corrected chi connectivity index (χ1v) is 13.9. The Balaban J connectivity index is 1.90. The largest absolute Gasteiger partial charge is 0.465 e. The molecule has 8 heteroatoms. The number of cyclic esters (lactones) is 1. The van der Waals surface area contributed by atoms with E-state index in [0.29, 0.717) is 13.0 Å². The minimum Gasteiger partial charge on any atom is -0.465 e. The predicted octanol–water partition coefficient (Wildman–Crippen LogP) is 3.17. The van der Waals surface area contributed by atoms with Crippen molar-refractivity contribution in [2.45, 2.75) is 87.9 Å². The Morgan fingerprint density at radius 1 is 1.14 bits per heavy atom. The van der Waals surface area contributed by atoms with Crippen LogP contribution in [0, 0.1) is 17.8 Å². The van der Waals surface area contributed by atoms with E-state index in [-0.39, 0.29) is 43.0 Å². The molecule has 2 unspecified atom stereocenters. The molecule has 0 aromatic heterocycles. The van der Waals surface area contributed by atoms with Crippen molar-refractivity contribution in [3.05, 3.63) is 24.3 Å². The average Bonchev–Trinajstić information content (AvgIpc) is 3.13. The van der Waals surface area contributed by atoms with Crippen molar-refractivity contribution in [2.75, 3.05) is 19.8 Å². The van der Waals surface area contributed by atoms with Gasteiger partial charge in [-0.3, -0.25) is 14.4 Å². The zero-order valence-corrected chi connectivity index (χ0v) is 22.4. The van der Waals surface area contributed by atoms with E-state index in [9.17, 15) is 19.5 Å². The van der Waals surface area contributed by atoms with Crippen molar-refractivity contribution in [3.8, 4) is 0 Å². The number of aliphatic hydroxyl groups excluding tert-OH is 1. The molecular weight excluding hydrogens is 464 g/mol. The second kappa shape index (κ2) is 9.92. The fraction of sp³-hybridized carbons (Fsp3) is 0.741. The highest BCUT2D eigenvalue weighted by molar-refractivity contribution is 8.02. The Labute approximate surface area is 213 Å². The lowest BCUT2D eigenvalue weighted by Gasteiger charge is -2.42. The van der Waals surface area contributed by atoms with Gasteiger partial charge in [-0.1, -0.05) is 57.9 Å². The zero-order chi connectivity index (χ0) is 25.5. The summed E-state index contributed by atoms with van der Waals surface area (Å²) in [4.78, 5) is 45.6. The van der Waals surface area contributed by atoms with Crippen molar-refractivity contribution >= 4 is 29.5 Å². The molecular formula is C27H40N2O5S. The van der Waals surface area contributed by atoms with Crippen LogP contribution in [-0.2, 0) is 19.1 Å². The van der Waals surface area contributed by atoms with Gasteiger partial charge in [-0.15, -0.1) is 11.8 Å². The lowest BCUT2D eigenvalue weighted by atomic mass is 9.74. The highest BCUT2D eigenvalue weighted by atomic mass is 32.2. The highest BCUT2D eigenvalue weighted by Crippen LogP contribution is 2.65. The smallest absolute Gasteiger partial charge is 0.311 e. The standard InChI is InChI=1S/C27H40N2O5S/c1-6-11-18(4)28-14-10-13-27-20(21-25(33)34-15-9-8-12-26(21,5)35-27)23(31)29(22(27)24(28)32)19(16-30)17(3)7-2/h8,10,12-13,17-22,30H,6-7,9,11,14-16H2,1-5H3/t17-,18?,19-,20-,21-,22?,26+,27-/m0/s1. The number of aliphatic hydroxyl groups is 1. The summed E-state index contributed by atoms with van der Waals surface area (Å²) in [5.41, 5.74) is 0. The third kappa shape index (κ3) is 4.05. The SMILES string of the molecule is CCCC(C)N1CC=C[C@]23S[C@]4(C)C=CCCOC(=O)[C@@H]4[C@H]2C(=O)N([C@@H](CO)[C@@H](C)CC)C3C1=O. The topological polar surface area (TPSA) is 87.2 Å². The molecule has 2 saturated heterocycles. The van der Waals surface area contributed by atoms with E-state index >= 15 is 0 Å². The second-order valence-electron chi connectivity index (χ2n) is 10.8. The Hall–Kier alpha value is -1.80.